The van der Waals surface area contributed by atoms with Gasteiger partial charge in [0, 0.05) is 15.8 Å². The van der Waals surface area contributed by atoms with Gasteiger partial charge in [0.05, 0.1) is 0 Å². The molecule has 3 aromatic rings. The number of para-hydroxylation sites is 1. The summed E-state index contributed by atoms with van der Waals surface area (Å²) in [5.74, 6) is 0.724. The zero-order chi connectivity index (χ0) is 22.2. The van der Waals surface area contributed by atoms with E-state index in [0.29, 0.717) is 22.9 Å². The lowest BCUT2D eigenvalue weighted by molar-refractivity contribution is -0.118. The van der Waals surface area contributed by atoms with Crippen LogP contribution < -0.4 is 20.1 Å². The zero-order valence-corrected chi connectivity index (χ0v) is 18.9. The largest absolute Gasteiger partial charge is 0.484 e. The summed E-state index contributed by atoms with van der Waals surface area (Å²) in [5, 5.41) is 5.53. The van der Waals surface area contributed by atoms with Gasteiger partial charge in [-0.05, 0) is 67.4 Å². The van der Waals surface area contributed by atoms with Crippen LogP contribution in [0.25, 0.3) is 0 Å². The number of rotatable bonds is 8. The molecular formula is C24H23BrN2O4. The number of hydrogen-bond donors (Lipinski definition) is 2. The summed E-state index contributed by atoms with van der Waals surface area (Å²) in [4.78, 5) is 24.4. The van der Waals surface area contributed by atoms with Crippen LogP contribution in [0.15, 0.2) is 71.2 Å². The van der Waals surface area contributed by atoms with Gasteiger partial charge in [0.15, 0.2) is 13.2 Å². The topological polar surface area (TPSA) is 76.7 Å². The highest BCUT2D eigenvalue weighted by Crippen LogP contribution is 2.27. The van der Waals surface area contributed by atoms with Crippen LogP contribution in [0.4, 0.5) is 11.4 Å². The van der Waals surface area contributed by atoms with E-state index in [-0.39, 0.29) is 25.0 Å². The van der Waals surface area contributed by atoms with Gasteiger partial charge >= 0.3 is 0 Å². The summed E-state index contributed by atoms with van der Waals surface area (Å²) in [6, 6.07) is 19.9. The monoisotopic (exact) mass is 482 g/mol. The van der Waals surface area contributed by atoms with E-state index in [1.807, 2.05) is 44.2 Å². The van der Waals surface area contributed by atoms with E-state index in [1.54, 1.807) is 36.4 Å². The number of carbonyl (C=O) groups is 2. The highest BCUT2D eigenvalue weighted by atomic mass is 79.9. The second-order valence-electron chi connectivity index (χ2n) is 6.94. The first-order valence-corrected chi connectivity index (χ1v) is 10.5. The number of amides is 2. The molecule has 0 aliphatic carbocycles. The lowest BCUT2D eigenvalue weighted by Gasteiger charge is -2.13. The minimum atomic E-state index is -0.295. The smallest absolute Gasteiger partial charge is 0.262 e. The van der Waals surface area contributed by atoms with Gasteiger partial charge in [0.2, 0.25) is 0 Å². The van der Waals surface area contributed by atoms with E-state index in [9.17, 15) is 9.59 Å². The molecule has 3 rings (SSSR count). The number of benzene rings is 3. The van der Waals surface area contributed by atoms with Crippen molar-refractivity contribution in [3.05, 3.63) is 82.3 Å². The van der Waals surface area contributed by atoms with E-state index in [2.05, 4.69) is 26.6 Å². The van der Waals surface area contributed by atoms with Gasteiger partial charge in [-0.3, -0.25) is 9.59 Å². The quantitative estimate of drug-likeness (QED) is 0.468. The number of anilines is 2. The van der Waals surface area contributed by atoms with Crippen LogP contribution in [0.5, 0.6) is 11.5 Å². The van der Waals surface area contributed by atoms with Crippen LogP contribution >= 0.6 is 15.9 Å². The standard InChI is InChI=1S/C24H23BrN2O4/c1-16-11-18(25)12-17(2)24(16)31-15-23(29)27-20-8-6-7-19(13-20)26-22(28)14-30-21-9-4-3-5-10-21/h3-13H,14-15H2,1-2H3,(H,26,28)(H,27,29). The molecule has 6 nitrogen and oxygen atoms in total. The van der Waals surface area contributed by atoms with Crippen molar-refractivity contribution in [3.63, 3.8) is 0 Å². The fraction of sp³-hybridized carbons (Fsp3) is 0.167. The number of hydrogen-bond acceptors (Lipinski definition) is 4. The second-order valence-corrected chi connectivity index (χ2v) is 7.85. The minimum Gasteiger partial charge on any atom is -0.484 e. The third-order valence-electron chi connectivity index (χ3n) is 4.32. The van der Waals surface area contributed by atoms with Crippen LogP contribution in [-0.4, -0.2) is 25.0 Å². The van der Waals surface area contributed by atoms with E-state index in [1.165, 1.54) is 0 Å². The Morgan fingerprint density at radius 2 is 1.32 bits per heavy atom. The van der Waals surface area contributed by atoms with Crippen LogP contribution in [0.3, 0.4) is 0 Å². The fourth-order valence-corrected chi connectivity index (χ4v) is 3.68. The van der Waals surface area contributed by atoms with Gasteiger partial charge in [-0.15, -0.1) is 0 Å². The summed E-state index contributed by atoms with van der Waals surface area (Å²) < 4.78 is 12.1. The van der Waals surface area contributed by atoms with Gasteiger partial charge in [-0.1, -0.05) is 40.2 Å². The molecule has 3 aromatic carbocycles. The molecule has 0 spiro atoms. The highest BCUT2D eigenvalue weighted by molar-refractivity contribution is 9.10. The van der Waals surface area contributed by atoms with Gasteiger partial charge in [-0.2, -0.15) is 0 Å². The Labute approximate surface area is 189 Å². The number of carbonyl (C=O) groups excluding carboxylic acids is 2. The van der Waals surface area contributed by atoms with Crippen LogP contribution in [0.1, 0.15) is 11.1 Å². The van der Waals surface area contributed by atoms with E-state index >= 15 is 0 Å². The SMILES string of the molecule is Cc1cc(Br)cc(C)c1OCC(=O)Nc1cccc(NC(=O)COc2ccccc2)c1. The van der Waals surface area contributed by atoms with E-state index < -0.39 is 0 Å². The predicted octanol–water partition coefficient (Wildman–Crippen LogP) is 5.10. The summed E-state index contributed by atoms with van der Waals surface area (Å²) in [7, 11) is 0. The molecule has 0 saturated carbocycles. The first kappa shape index (κ1) is 22.4. The van der Waals surface area contributed by atoms with Crippen molar-refractivity contribution in [1.29, 1.82) is 0 Å². The minimum absolute atomic E-state index is 0.111. The number of ether oxygens (including phenoxy) is 2. The Kier molecular flexibility index (Phi) is 7.67. The number of aryl methyl sites for hydroxylation is 2. The van der Waals surface area contributed by atoms with Crippen LogP contribution in [-0.2, 0) is 9.59 Å². The van der Waals surface area contributed by atoms with Crippen molar-refractivity contribution in [2.75, 3.05) is 23.8 Å². The summed E-state index contributed by atoms with van der Waals surface area (Å²) in [5.41, 5.74) is 3.00. The summed E-state index contributed by atoms with van der Waals surface area (Å²) in [6.07, 6.45) is 0. The molecule has 0 unspecified atom stereocenters. The highest BCUT2D eigenvalue weighted by Gasteiger charge is 2.10. The Morgan fingerprint density at radius 3 is 1.90 bits per heavy atom. The molecule has 2 N–H and O–H groups in total. The van der Waals surface area contributed by atoms with E-state index in [0.717, 1.165) is 15.6 Å². The normalized spacial score (nSPS) is 10.3. The van der Waals surface area contributed by atoms with Crippen molar-refractivity contribution >= 4 is 39.1 Å². The second kappa shape index (κ2) is 10.6. The summed E-state index contributed by atoms with van der Waals surface area (Å²) >= 11 is 3.44. The zero-order valence-electron chi connectivity index (χ0n) is 17.3. The molecule has 0 bridgehead atoms. The lowest BCUT2D eigenvalue weighted by Crippen LogP contribution is -2.22. The van der Waals surface area contributed by atoms with Gasteiger partial charge in [0.25, 0.3) is 11.8 Å². The molecule has 31 heavy (non-hydrogen) atoms. The molecule has 160 valence electrons. The molecule has 2 amide bonds. The fourth-order valence-electron chi connectivity index (χ4n) is 3.00. The molecule has 0 atom stereocenters. The van der Waals surface area contributed by atoms with Crippen molar-refractivity contribution < 1.29 is 19.1 Å². The maximum absolute atomic E-state index is 12.3. The number of halogens is 1. The molecule has 0 aliphatic heterocycles. The maximum atomic E-state index is 12.3. The molecule has 0 heterocycles. The Morgan fingerprint density at radius 1 is 0.774 bits per heavy atom. The van der Waals surface area contributed by atoms with Crippen molar-refractivity contribution in [3.8, 4) is 11.5 Å². The molecule has 0 fully saturated rings. The summed E-state index contributed by atoms with van der Waals surface area (Å²) in [6.45, 7) is 3.63. The Balaban J connectivity index is 1.51. The van der Waals surface area contributed by atoms with Gasteiger partial charge in [-0.25, -0.2) is 0 Å². The predicted molar refractivity (Wildman–Crippen MR) is 125 cm³/mol. The Bertz CT molecular complexity index is 1050. The van der Waals surface area contributed by atoms with Crippen LogP contribution in [0.2, 0.25) is 0 Å². The van der Waals surface area contributed by atoms with Crippen molar-refractivity contribution in [1.82, 2.24) is 0 Å². The molecule has 0 radical (unpaired) electrons. The molecule has 0 aliphatic rings. The van der Waals surface area contributed by atoms with Crippen molar-refractivity contribution in [2.45, 2.75) is 13.8 Å². The van der Waals surface area contributed by atoms with E-state index in [4.69, 9.17) is 9.47 Å². The molecule has 0 aromatic heterocycles. The molecular weight excluding hydrogens is 460 g/mol. The maximum Gasteiger partial charge on any atom is 0.262 e. The Hall–Kier alpha value is -3.32. The first-order chi connectivity index (χ1) is 14.9. The van der Waals surface area contributed by atoms with Gasteiger partial charge < -0.3 is 20.1 Å². The average molecular weight is 483 g/mol. The molecule has 7 heteroatoms. The average Bonchev–Trinajstić information content (AvgIpc) is 2.72. The lowest BCUT2D eigenvalue weighted by atomic mass is 10.1. The molecule has 0 saturated heterocycles. The third kappa shape index (κ3) is 6.86. The van der Waals surface area contributed by atoms with Gasteiger partial charge in [0.1, 0.15) is 11.5 Å². The first-order valence-electron chi connectivity index (χ1n) is 9.68. The number of nitrogens with one attached hydrogen (secondary N) is 2. The van der Waals surface area contributed by atoms with Crippen molar-refractivity contribution in [2.24, 2.45) is 0 Å². The third-order valence-corrected chi connectivity index (χ3v) is 4.77. The van der Waals surface area contributed by atoms with Crippen LogP contribution in [0, 0.1) is 13.8 Å².